The molecule has 0 aliphatic carbocycles. The quantitative estimate of drug-likeness (QED) is 0.789. The van der Waals surface area contributed by atoms with Gasteiger partial charge in [-0.25, -0.2) is 0 Å². The predicted octanol–water partition coefficient (Wildman–Crippen LogP) is 2.15. The molecular weight excluding hydrogens is 262 g/mol. The number of nitrogens with zero attached hydrogens (tertiary/aromatic N) is 1. The number of amides is 1. The van der Waals surface area contributed by atoms with Crippen LogP contribution in [0.4, 0.5) is 0 Å². The molecule has 2 saturated heterocycles. The van der Waals surface area contributed by atoms with Crippen LogP contribution >= 0.6 is 0 Å². The molecule has 2 aliphatic heterocycles. The number of rotatable bonds is 6. The van der Waals surface area contributed by atoms with E-state index in [1.165, 1.54) is 38.8 Å². The Morgan fingerprint density at radius 2 is 2.14 bits per heavy atom. The zero-order chi connectivity index (χ0) is 15.3. The van der Waals surface area contributed by atoms with Gasteiger partial charge in [0.05, 0.1) is 0 Å². The Bertz CT molecular complexity index is 337. The fourth-order valence-corrected chi connectivity index (χ4v) is 3.60. The monoisotopic (exact) mass is 295 g/mol. The standard InChI is InChI=1S/C17H33N3O/c1-4-14-7-6-10-20(12-14)17(2,3)13-19-16(21)11-15-8-5-9-18-15/h14-15,18H,4-13H2,1-3H3,(H,19,21). The highest BCUT2D eigenvalue weighted by atomic mass is 16.1. The van der Waals surface area contributed by atoms with Gasteiger partial charge in [-0.15, -0.1) is 0 Å². The second kappa shape index (κ2) is 7.59. The van der Waals surface area contributed by atoms with Gasteiger partial charge in [0.1, 0.15) is 0 Å². The second-order valence-electron chi connectivity index (χ2n) is 7.45. The van der Waals surface area contributed by atoms with Gasteiger partial charge < -0.3 is 10.6 Å². The van der Waals surface area contributed by atoms with Gasteiger partial charge in [-0.1, -0.05) is 13.3 Å². The zero-order valence-electron chi connectivity index (χ0n) is 14.1. The fourth-order valence-electron chi connectivity index (χ4n) is 3.60. The summed E-state index contributed by atoms with van der Waals surface area (Å²) in [5.74, 6) is 1.03. The van der Waals surface area contributed by atoms with E-state index in [0.29, 0.717) is 12.5 Å². The van der Waals surface area contributed by atoms with E-state index in [0.717, 1.165) is 25.4 Å². The summed E-state index contributed by atoms with van der Waals surface area (Å²) in [5, 5.41) is 6.55. The number of hydrogen-bond donors (Lipinski definition) is 2. The minimum absolute atomic E-state index is 0.0621. The third-order valence-electron chi connectivity index (χ3n) is 5.26. The van der Waals surface area contributed by atoms with Crippen molar-refractivity contribution >= 4 is 5.91 Å². The SMILES string of the molecule is CCC1CCCN(C(C)(C)CNC(=O)CC2CCCN2)C1. The smallest absolute Gasteiger partial charge is 0.221 e. The lowest BCUT2D eigenvalue weighted by molar-refractivity contribution is -0.122. The summed E-state index contributed by atoms with van der Waals surface area (Å²) < 4.78 is 0. The summed E-state index contributed by atoms with van der Waals surface area (Å²) in [6, 6.07) is 0.396. The largest absolute Gasteiger partial charge is 0.354 e. The van der Waals surface area contributed by atoms with Crippen molar-refractivity contribution < 1.29 is 4.79 Å². The molecule has 2 heterocycles. The Hall–Kier alpha value is -0.610. The van der Waals surface area contributed by atoms with Crippen LogP contribution < -0.4 is 10.6 Å². The molecule has 122 valence electrons. The van der Waals surface area contributed by atoms with Gasteiger partial charge in [-0.2, -0.15) is 0 Å². The van der Waals surface area contributed by atoms with Crippen LogP contribution in [-0.4, -0.2) is 48.6 Å². The molecule has 0 aromatic rings. The van der Waals surface area contributed by atoms with Crippen molar-refractivity contribution in [1.82, 2.24) is 15.5 Å². The lowest BCUT2D eigenvalue weighted by atomic mass is 9.91. The van der Waals surface area contributed by atoms with E-state index in [2.05, 4.69) is 36.3 Å². The number of piperidine rings is 1. The Labute approximate surface area is 130 Å². The summed E-state index contributed by atoms with van der Waals surface area (Å²) in [5.41, 5.74) is 0.0621. The molecule has 0 radical (unpaired) electrons. The van der Waals surface area contributed by atoms with Gasteiger partial charge in [-0.3, -0.25) is 9.69 Å². The first-order valence-corrected chi connectivity index (χ1v) is 8.76. The predicted molar refractivity (Wildman–Crippen MR) is 87.3 cm³/mol. The molecule has 2 rings (SSSR count). The first kappa shape index (κ1) is 16.8. The third kappa shape index (κ3) is 4.96. The van der Waals surface area contributed by atoms with Crippen LogP contribution in [0.15, 0.2) is 0 Å². The summed E-state index contributed by atoms with van der Waals surface area (Å²) in [4.78, 5) is 14.6. The van der Waals surface area contributed by atoms with Crippen molar-refractivity contribution in [3.05, 3.63) is 0 Å². The van der Waals surface area contributed by atoms with Crippen molar-refractivity contribution in [1.29, 1.82) is 0 Å². The third-order valence-corrected chi connectivity index (χ3v) is 5.26. The topological polar surface area (TPSA) is 44.4 Å². The van der Waals surface area contributed by atoms with Gasteiger partial charge in [0, 0.05) is 31.1 Å². The second-order valence-corrected chi connectivity index (χ2v) is 7.45. The Morgan fingerprint density at radius 3 is 2.81 bits per heavy atom. The van der Waals surface area contributed by atoms with Gasteiger partial charge in [0.2, 0.25) is 5.91 Å². The maximum atomic E-state index is 12.1. The van der Waals surface area contributed by atoms with Crippen LogP contribution in [0.5, 0.6) is 0 Å². The van der Waals surface area contributed by atoms with E-state index in [9.17, 15) is 4.79 Å². The Kier molecular flexibility index (Phi) is 6.06. The highest BCUT2D eigenvalue weighted by Crippen LogP contribution is 2.25. The molecule has 1 amide bonds. The molecule has 2 fully saturated rings. The molecule has 0 spiro atoms. The summed E-state index contributed by atoms with van der Waals surface area (Å²) in [6.07, 6.45) is 6.90. The van der Waals surface area contributed by atoms with E-state index in [4.69, 9.17) is 0 Å². The molecule has 0 bridgehead atoms. The van der Waals surface area contributed by atoms with Crippen molar-refractivity contribution in [2.45, 2.75) is 70.9 Å². The fraction of sp³-hybridized carbons (Fsp3) is 0.941. The van der Waals surface area contributed by atoms with E-state index in [1.807, 2.05) is 0 Å². The van der Waals surface area contributed by atoms with Gasteiger partial charge >= 0.3 is 0 Å². The zero-order valence-corrected chi connectivity index (χ0v) is 14.1. The summed E-state index contributed by atoms with van der Waals surface area (Å²) in [7, 11) is 0. The molecule has 2 atom stereocenters. The summed E-state index contributed by atoms with van der Waals surface area (Å²) in [6.45, 7) is 11.0. The number of likely N-dealkylation sites (tertiary alicyclic amines) is 1. The van der Waals surface area contributed by atoms with E-state index >= 15 is 0 Å². The van der Waals surface area contributed by atoms with Gasteiger partial charge in [-0.05, 0) is 58.5 Å². The minimum Gasteiger partial charge on any atom is -0.354 e. The van der Waals surface area contributed by atoms with Crippen molar-refractivity contribution in [3.63, 3.8) is 0 Å². The van der Waals surface area contributed by atoms with E-state index in [1.54, 1.807) is 0 Å². The summed E-state index contributed by atoms with van der Waals surface area (Å²) >= 11 is 0. The maximum absolute atomic E-state index is 12.1. The van der Waals surface area contributed by atoms with Crippen LogP contribution in [0.1, 0.15) is 59.3 Å². The van der Waals surface area contributed by atoms with Crippen LogP contribution in [0.3, 0.4) is 0 Å². The molecule has 2 N–H and O–H groups in total. The number of nitrogens with one attached hydrogen (secondary N) is 2. The van der Waals surface area contributed by atoms with Crippen molar-refractivity contribution in [3.8, 4) is 0 Å². The highest BCUT2D eigenvalue weighted by molar-refractivity contribution is 5.76. The van der Waals surface area contributed by atoms with Crippen LogP contribution in [0, 0.1) is 5.92 Å². The molecule has 0 aromatic carbocycles. The first-order valence-electron chi connectivity index (χ1n) is 8.76. The average molecular weight is 295 g/mol. The lowest BCUT2D eigenvalue weighted by Crippen LogP contribution is -2.55. The Morgan fingerprint density at radius 1 is 1.33 bits per heavy atom. The molecule has 4 nitrogen and oxygen atoms in total. The van der Waals surface area contributed by atoms with Crippen LogP contribution in [-0.2, 0) is 4.79 Å². The van der Waals surface area contributed by atoms with Gasteiger partial charge in [0.15, 0.2) is 0 Å². The molecule has 0 aromatic heterocycles. The minimum atomic E-state index is 0.0621. The number of hydrogen-bond acceptors (Lipinski definition) is 3. The maximum Gasteiger partial charge on any atom is 0.221 e. The van der Waals surface area contributed by atoms with Crippen molar-refractivity contribution in [2.75, 3.05) is 26.2 Å². The Balaban J connectivity index is 1.75. The lowest BCUT2D eigenvalue weighted by Gasteiger charge is -2.43. The van der Waals surface area contributed by atoms with E-state index < -0.39 is 0 Å². The molecular formula is C17H33N3O. The molecule has 21 heavy (non-hydrogen) atoms. The number of carbonyl (C=O) groups excluding carboxylic acids is 1. The number of carbonyl (C=O) groups is 1. The normalized spacial score (nSPS) is 27.8. The van der Waals surface area contributed by atoms with Gasteiger partial charge in [0.25, 0.3) is 0 Å². The van der Waals surface area contributed by atoms with Crippen LogP contribution in [0.2, 0.25) is 0 Å². The van der Waals surface area contributed by atoms with E-state index in [-0.39, 0.29) is 11.4 Å². The molecule has 4 heteroatoms. The molecule has 2 aliphatic rings. The molecule has 0 saturated carbocycles. The highest BCUT2D eigenvalue weighted by Gasteiger charge is 2.31. The van der Waals surface area contributed by atoms with Crippen LogP contribution in [0.25, 0.3) is 0 Å². The first-order chi connectivity index (χ1) is 10.0. The molecule has 2 unspecified atom stereocenters. The van der Waals surface area contributed by atoms with Crippen molar-refractivity contribution in [2.24, 2.45) is 5.92 Å². The average Bonchev–Trinajstić information content (AvgIpc) is 2.98.